The maximum atomic E-state index is 12.3. The van der Waals surface area contributed by atoms with Crippen molar-refractivity contribution in [2.75, 3.05) is 13.1 Å². The molecule has 0 bridgehead atoms. The zero-order valence-corrected chi connectivity index (χ0v) is 11.5. The molecular formula is C13H13N3O3S. The van der Waals surface area contributed by atoms with Crippen LogP contribution in [0.3, 0.4) is 0 Å². The van der Waals surface area contributed by atoms with Gasteiger partial charge in [0.25, 0.3) is 11.5 Å². The Kier molecular flexibility index (Phi) is 2.34. The molecule has 20 heavy (non-hydrogen) atoms. The molecule has 3 heterocycles. The van der Waals surface area contributed by atoms with Crippen molar-refractivity contribution in [1.29, 1.82) is 0 Å². The van der Waals surface area contributed by atoms with Crippen molar-refractivity contribution < 1.29 is 9.90 Å². The van der Waals surface area contributed by atoms with Gasteiger partial charge in [0.2, 0.25) is 0 Å². The fraction of sp³-hybridized carbons (Fsp3) is 0.462. The quantitative estimate of drug-likeness (QED) is 0.866. The van der Waals surface area contributed by atoms with E-state index in [1.807, 2.05) is 0 Å². The number of amides is 1. The van der Waals surface area contributed by atoms with Crippen molar-refractivity contribution in [1.82, 2.24) is 14.3 Å². The molecule has 1 saturated heterocycles. The van der Waals surface area contributed by atoms with Crippen molar-refractivity contribution in [2.45, 2.75) is 18.4 Å². The number of nitrogens with zero attached hydrogens (tertiary/aromatic N) is 3. The predicted octanol–water partition coefficient (Wildman–Crippen LogP) is 0.353. The highest BCUT2D eigenvalue weighted by Gasteiger charge is 2.53. The lowest BCUT2D eigenvalue weighted by atomic mass is 9.88. The molecule has 104 valence electrons. The number of thiazole rings is 1. The van der Waals surface area contributed by atoms with Gasteiger partial charge in [0.05, 0.1) is 13.1 Å². The van der Waals surface area contributed by atoms with Crippen molar-refractivity contribution in [3.8, 4) is 0 Å². The van der Waals surface area contributed by atoms with Gasteiger partial charge in [-0.25, -0.2) is 4.98 Å². The minimum Gasteiger partial charge on any atom is -0.386 e. The summed E-state index contributed by atoms with van der Waals surface area (Å²) < 4.78 is 1.38. The highest BCUT2D eigenvalue weighted by molar-refractivity contribution is 7.15. The summed E-state index contributed by atoms with van der Waals surface area (Å²) >= 11 is 1.35. The summed E-state index contributed by atoms with van der Waals surface area (Å²) in [5.74, 6) is -0.0152. The topological polar surface area (TPSA) is 74.9 Å². The number of hydrogen-bond donors (Lipinski definition) is 1. The number of carbonyl (C=O) groups is 1. The second-order valence-electron chi connectivity index (χ2n) is 5.57. The fourth-order valence-corrected chi connectivity index (χ4v) is 3.45. The minimum absolute atomic E-state index is 0.0683. The average Bonchev–Trinajstić information content (AvgIpc) is 3.13. The molecule has 1 aliphatic carbocycles. The van der Waals surface area contributed by atoms with E-state index in [0.717, 1.165) is 12.8 Å². The zero-order valence-electron chi connectivity index (χ0n) is 10.7. The molecule has 0 spiro atoms. The molecule has 1 aliphatic heterocycles. The van der Waals surface area contributed by atoms with Crippen LogP contribution in [0.1, 0.15) is 23.2 Å². The van der Waals surface area contributed by atoms with Gasteiger partial charge in [-0.15, -0.1) is 11.3 Å². The van der Waals surface area contributed by atoms with E-state index in [4.69, 9.17) is 0 Å². The van der Waals surface area contributed by atoms with Gasteiger partial charge >= 0.3 is 0 Å². The molecule has 1 N–H and O–H groups in total. The van der Waals surface area contributed by atoms with Gasteiger partial charge in [-0.05, 0) is 18.8 Å². The molecule has 0 unspecified atom stereocenters. The normalized spacial score (nSPS) is 20.9. The van der Waals surface area contributed by atoms with Gasteiger partial charge in [-0.2, -0.15) is 0 Å². The summed E-state index contributed by atoms with van der Waals surface area (Å²) in [6.45, 7) is 0.643. The number of fused-ring (bicyclic) bond motifs is 1. The van der Waals surface area contributed by atoms with Crippen LogP contribution in [-0.4, -0.2) is 44.0 Å². The number of carbonyl (C=O) groups excluding carboxylic acids is 1. The van der Waals surface area contributed by atoms with E-state index >= 15 is 0 Å². The summed E-state index contributed by atoms with van der Waals surface area (Å²) in [6, 6.07) is 0. The van der Waals surface area contributed by atoms with E-state index in [-0.39, 0.29) is 17.0 Å². The van der Waals surface area contributed by atoms with Gasteiger partial charge < -0.3 is 10.0 Å². The number of aromatic nitrogens is 2. The Labute approximate surface area is 118 Å². The zero-order chi connectivity index (χ0) is 13.9. The summed E-state index contributed by atoms with van der Waals surface area (Å²) in [5, 5.41) is 12.0. The van der Waals surface area contributed by atoms with E-state index in [1.165, 1.54) is 26.8 Å². The number of aliphatic hydroxyl groups is 1. The maximum Gasteiger partial charge on any atom is 0.271 e. The van der Waals surface area contributed by atoms with Crippen molar-refractivity contribution in [3.05, 3.63) is 33.7 Å². The maximum absolute atomic E-state index is 12.3. The molecule has 0 atom stereocenters. The Morgan fingerprint density at radius 2 is 2.20 bits per heavy atom. The van der Waals surface area contributed by atoms with E-state index in [2.05, 4.69) is 4.98 Å². The summed E-state index contributed by atoms with van der Waals surface area (Å²) in [5.41, 5.74) is -1.01. The first-order chi connectivity index (χ1) is 9.58. The predicted molar refractivity (Wildman–Crippen MR) is 72.9 cm³/mol. The van der Waals surface area contributed by atoms with Crippen LogP contribution in [0.25, 0.3) is 4.96 Å². The molecule has 4 rings (SSSR count). The number of β-amino-alcohol motifs (C(OH)–C–C–N with tert-alkyl or cyclic N) is 1. The number of rotatable bonds is 2. The smallest absolute Gasteiger partial charge is 0.271 e. The third-order valence-corrected chi connectivity index (χ3v) is 4.90. The van der Waals surface area contributed by atoms with Crippen LogP contribution >= 0.6 is 11.3 Å². The summed E-state index contributed by atoms with van der Waals surface area (Å²) in [4.78, 5) is 30.7. The molecule has 0 radical (unpaired) electrons. The largest absolute Gasteiger partial charge is 0.386 e. The minimum atomic E-state index is -0.730. The molecule has 0 aromatic carbocycles. The van der Waals surface area contributed by atoms with E-state index in [0.29, 0.717) is 24.0 Å². The molecule has 2 aromatic rings. The summed E-state index contributed by atoms with van der Waals surface area (Å²) in [7, 11) is 0. The second-order valence-corrected chi connectivity index (χ2v) is 6.44. The van der Waals surface area contributed by atoms with Crippen molar-refractivity contribution >= 4 is 22.2 Å². The highest BCUT2D eigenvalue weighted by Crippen LogP contribution is 2.44. The lowest BCUT2D eigenvalue weighted by Gasteiger charge is -2.46. The molecule has 2 aliphatic rings. The third kappa shape index (κ3) is 1.63. The standard InChI is InChI=1S/C13H13N3O3S/c17-10(15-6-13(19,7-15)8-1-2-8)9-5-14-12-16(11(9)18)3-4-20-12/h3-5,8,19H,1-2,6-7H2. The van der Waals surface area contributed by atoms with Crippen LogP contribution in [-0.2, 0) is 0 Å². The second kappa shape index (κ2) is 3.89. The van der Waals surface area contributed by atoms with Gasteiger partial charge in [-0.1, -0.05) is 0 Å². The van der Waals surface area contributed by atoms with Crippen LogP contribution in [0.5, 0.6) is 0 Å². The Morgan fingerprint density at radius 3 is 2.90 bits per heavy atom. The average molecular weight is 291 g/mol. The van der Waals surface area contributed by atoms with E-state index in [9.17, 15) is 14.7 Å². The number of likely N-dealkylation sites (tertiary alicyclic amines) is 1. The third-order valence-electron chi connectivity index (χ3n) is 4.13. The number of hydrogen-bond acceptors (Lipinski definition) is 5. The molecular weight excluding hydrogens is 278 g/mol. The van der Waals surface area contributed by atoms with Gasteiger partial charge in [0, 0.05) is 17.8 Å². The van der Waals surface area contributed by atoms with Gasteiger partial charge in [0.1, 0.15) is 11.2 Å². The van der Waals surface area contributed by atoms with Crippen LogP contribution in [0.2, 0.25) is 0 Å². The summed E-state index contributed by atoms with van der Waals surface area (Å²) in [6.07, 6.45) is 5.01. The first-order valence-electron chi connectivity index (χ1n) is 6.55. The SMILES string of the molecule is O=C(c1cnc2sccn2c1=O)N1CC(O)(C2CC2)C1. The lowest BCUT2D eigenvalue weighted by molar-refractivity contribution is -0.0958. The van der Waals surface area contributed by atoms with Gasteiger partial charge in [0.15, 0.2) is 4.96 Å². The lowest BCUT2D eigenvalue weighted by Crippen LogP contribution is -2.65. The van der Waals surface area contributed by atoms with Crippen LogP contribution in [0.15, 0.2) is 22.6 Å². The van der Waals surface area contributed by atoms with Gasteiger partial charge in [-0.3, -0.25) is 14.0 Å². The fourth-order valence-electron chi connectivity index (χ4n) is 2.78. The van der Waals surface area contributed by atoms with Crippen molar-refractivity contribution in [3.63, 3.8) is 0 Å². The Balaban J connectivity index is 1.62. The Bertz CT molecular complexity index is 756. The van der Waals surface area contributed by atoms with Crippen molar-refractivity contribution in [2.24, 2.45) is 5.92 Å². The highest BCUT2D eigenvalue weighted by atomic mass is 32.1. The Hall–Kier alpha value is -1.73. The molecule has 6 nitrogen and oxygen atoms in total. The molecule has 1 saturated carbocycles. The van der Waals surface area contributed by atoms with Crippen LogP contribution in [0.4, 0.5) is 0 Å². The van der Waals surface area contributed by atoms with E-state index in [1.54, 1.807) is 11.6 Å². The first-order valence-corrected chi connectivity index (χ1v) is 7.43. The molecule has 2 fully saturated rings. The molecule has 2 aromatic heterocycles. The van der Waals surface area contributed by atoms with E-state index < -0.39 is 5.60 Å². The Morgan fingerprint density at radius 1 is 1.45 bits per heavy atom. The molecule has 1 amide bonds. The molecule has 7 heteroatoms. The van der Waals surface area contributed by atoms with Crippen LogP contribution < -0.4 is 5.56 Å². The van der Waals surface area contributed by atoms with Crippen LogP contribution in [0, 0.1) is 5.92 Å². The monoisotopic (exact) mass is 291 g/mol. The first kappa shape index (κ1) is 12.0.